The fraction of sp³-hybridized carbons (Fsp3) is 0.500. The number of hydrogen-bond donors (Lipinski definition) is 0. The number of nitrogens with zero attached hydrogens (tertiary/aromatic N) is 2. The quantitative estimate of drug-likeness (QED) is 0.693. The molecule has 0 radical (unpaired) electrons. The first kappa shape index (κ1) is 19.6. The number of fused-ring (bicyclic) bond motifs is 3. The van der Waals surface area contributed by atoms with Crippen LogP contribution in [0.3, 0.4) is 0 Å². The van der Waals surface area contributed by atoms with E-state index in [1.54, 1.807) is 0 Å². The molecule has 0 N–H and O–H groups in total. The highest BCUT2D eigenvalue weighted by Gasteiger charge is 2.40. The Labute approximate surface area is 179 Å². The van der Waals surface area contributed by atoms with E-state index < -0.39 is 0 Å². The van der Waals surface area contributed by atoms with E-state index in [0.29, 0.717) is 18.6 Å². The number of rotatable bonds is 5. The monoisotopic (exact) mass is 404 g/mol. The Hall–Kier alpha value is -2.33. The third-order valence-corrected chi connectivity index (χ3v) is 6.92. The Morgan fingerprint density at radius 1 is 1.00 bits per heavy atom. The van der Waals surface area contributed by atoms with Gasteiger partial charge < -0.3 is 9.64 Å². The lowest BCUT2D eigenvalue weighted by molar-refractivity contribution is -0.00388. The van der Waals surface area contributed by atoms with Crippen LogP contribution in [0.25, 0.3) is 11.1 Å². The van der Waals surface area contributed by atoms with Gasteiger partial charge in [0.15, 0.2) is 0 Å². The molecule has 0 bridgehead atoms. The van der Waals surface area contributed by atoms with Gasteiger partial charge in [0.2, 0.25) is 0 Å². The molecule has 5 rings (SSSR count). The molecule has 30 heavy (non-hydrogen) atoms. The summed E-state index contributed by atoms with van der Waals surface area (Å²) in [6, 6.07) is 17.4. The van der Waals surface area contributed by atoms with Gasteiger partial charge in [0, 0.05) is 43.1 Å². The van der Waals surface area contributed by atoms with Crippen LogP contribution in [0.5, 0.6) is 0 Å². The number of hydrogen-bond acceptors (Lipinski definition) is 3. The standard InChI is InChI=1S/C26H32N2O2/c1-26(2,3)27-14-18(15-27)16-28(19-12-13-19)25(29)30-17-24-22-10-6-4-8-20(22)21-9-5-7-11-23(21)24/h4-11,18-19,24H,12-17H2,1-3H3. The van der Waals surface area contributed by atoms with Crippen molar-refractivity contribution >= 4 is 6.09 Å². The lowest BCUT2D eigenvalue weighted by atomic mass is 9.92. The number of ether oxygens (including phenoxy) is 1. The fourth-order valence-corrected chi connectivity index (χ4v) is 4.95. The van der Waals surface area contributed by atoms with Crippen LogP contribution in [-0.4, -0.2) is 53.7 Å². The molecule has 2 aliphatic carbocycles. The Morgan fingerprint density at radius 3 is 2.10 bits per heavy atom. The van der Waals surface area contributed by atoms with E-state index in [4.69, 9.17) is 4.74 Å². The zero-order valence-corrected chi connectivity index (χ0v) is 18.3. The second-order valence-electron chi connectivity index (χ2n) is 10.1. The van der Waals surface area contributed by atoms with Crippen molar-refractivity contribution in [2.24, 2.45) is 5.92 Å². The van der Waals surface area contributed by atoms with Crippen molar-refractivity contribution in [3.63, 3.8) is 0 Å². The summed E-state index contributed by atoms with van der Waals surface area (Å²) in [4.78, 5) is 17.5. The van der Waals surface area contributed by atoms with Crippen LogP contribution < -0.4 is 0 Å². The predicted octanol–water partition coefficient (Wildman–Crippen LogP) is 5.13. The van der Waals surface area contributed by atoms with E-state index in [-0.39, 0.29) is 17.6 Å². The molecular weight excluding hydrogens is 372 g/mol. The first-order valence-electron chi connectivity index (χ1n) is 11.3. The van der Waals surface area contributed by atoms with Gasteiger partial charge in [0.05, 0.1) is 0 Å². The van der Waals surface area contributed by atoms with Crippen LogP contribution in [0, 0.1) is 5.92 Å². The van der Waals surface area contributed by atoms with E-state index in [1.165, 1.54) is 22.3 Å². The van der Waals surface area contributed by atoms with Crippen LogP contribution in [0.4, 0.5) is 4.79 Å². The van der Waals surface area contributed by atoms with Gasteiger partial charge in [-0.1, -0.05) is 48.5 Å². The van der Waals surface area contributed by atoms with Crippen molar-refractivity contribution in [3.8, 4) is 11.1 Å². The minimum atomic E-state index is -0.131. The zero-order valence-electron chi connectivity index (χ0n) is 18.3. The molecule has 2 fully saturated rings. The van der Waals surface area contributed by atoms with Crippen LogP contribution in [0.15, 0.2) is 48.5 Å². The minimum absolute atomic E-state index is 0.127. The van der Waals surface area contributed by atoms with Crippen molar-refractivity contribution in [3.05, 3.63) is 59.7 Å². The maximum Gasteiger partial charge on any atom is 0.410 e. The third kappa shape index (κ3) is 3.62. The van der Waals surface area contributed by atoms with E-state index >= 15 is 0 Å². The molecule has 158 valence electrons. The number of amides is 1. The van der Waals surface area contributed by atoms with Gasteiger partial charge >= 0.3 is 6.09 Å². The van der Waals surface area contributed by atoms with E-state index in [2.05, 4.69) is 74.2 Å². The highest BCUT2D eigenvalue weighted by atomic mass is 16.6. The highest BCUT2D eigenvalue weighted by Crippen LogP contribution is 2.44. The average molecular weight is 405 g/mol. The number of benzene rings is 2. The molecule has 2 aromatic carbocycles. The maximum atomic E-state index is 13.0. The first-order chi connectivity index (χ1) is 14.4. The van der Waals surface area contributed by atoms with Crippen LogP contribution in [0.2, 0.25) is 0 Å². The molecule has 0 unspecified atom stereocenters. The summed E-state index contributed by atoms with van der Waals surface area (Å²) in [5, 5.41) is 0. The van der Waals surface area contributed by atoms with Crippen molar-refractivity contribution in [2.45, 2.75) is 51.1 Å². The predicted molar refractivity (Wildman–Crippen MR) is 120 cm³/mol. The Kier molecular flexibility index (Phi) is 4.85. The number of likely N-dealkylation sites (tertiary alicyclic amines) is 1. The molecule has 4 heteroatoms. The van der Waals surface area contributed by atoms with Crippen molar-refractivity contribution < 1.29 is 9.53 Å². The summed E-state index contributed by atoms with van der Waals surface area (Å²) in [6.45, 7) is 10.2. The van der Waals surface area contributed by atoms with E-state index in [9.17, 15) is 4.79 Å². The third-order valence-electron chi connectivity index (χ3n) is 6.92. The summed E-state index contributed by atoms with van der Waals surface area (Å²) in [7, 11) is 0. The van der Waals surface area contributed by atoms with Crippen LogP contribution in [-0.2, 0) is 4.74 Å². The van der Waals surface area contributed by atoms with Crippen molar-refractivity contribution in [1.82, 2.24) is 9.80 Å². The first-order valence-corrected chi connectivity index (χ1v) is 11.3. The van der Waals surface area contributed by atoms with Gasteiger partial charge in [0.25, 0.3) is 0 Å². The van der Waals surface area contributed by atoms with Crippen LogP contribution in [0.1, 0.15) is 50.7 Å². The van der Waals surface area contributed by atoms with Crippen molar-refractivity contribution in [2.75, 3.05) is 26.2 Å². The molecule has 0 atom stereocenters. The second kappa shape index (κ2) is 7.42. The minimum Gasteiger partial charge on any atom is -0.448 e. The Balaban J connectivity index is 1.24. The smallest absolute Gasteiger partial charge is 0.410 e. The average Bonchev–Trinajstić information content (AvgIpc) is 3.47. The molecule has 1 amide bonds. The van der Waals surface area contributed by atoms with E-state index in [1.807, 2.05) is 4.90 Å². The highest BCUT2D eigenvalue weighted by molar-refractivity contribution is 5.79. The van der Waals surface area contributed by atoms with Gasteiger partial charge in [-0.15, -0.1) is 0 Å². The number of carbonyl (C=O) groups is 1. The van der Waals surface area contributed by atoms with Gasteiger partial charge in [-0.2, -0.15) is 0 Å². The van der Waals surface area contributed by atoms with Gasteiger partial charge in [-0.25, -0.2) is 4.79 Å². The molecule has 0 aromatic heterocycles. The Morgan fingerprint density at radius 2 is 1.57 bits per heavy atom. The molecule has 1 heterocycles. The molecule has 1 saturated carbocycles. The summed E-state index contributed by atoms with van der Waals surface area (Å²) in [5.74, 6) is 0.688. The van der Waals surface area contributed by atoms with Gasteiger partial charge in [-0.05, 0) is 55.9 Å². The SMILES string of the molecule is CC(C)(C)N1CC(CN(C(=O)OCC2c3ccccc3-c3ccccc32)C2CC2)C1. The molecule has 0 spiro atoms. The zero-order chi connectivity index (χ0) is 20.9. The largest absolute Gasteiger partial charge is 0.448 e. The molecule has 1 saturated heterocycles. The fourth-order valence-electron chi connectivity index (χ4n) is 4.95. The summed E-state index contributed by atoms with van der Waals surface area (Å²) in [5.41, 5.74) is 5.29. The maximum absolute atomic E-state index is 13.0. The molecule has 3 aliphatic rings. The summed E-state index contributed by atoms with van der Waals surface area (Å²) >= 11 is 0. The van der Waals surface area contributed by atoms with E-state index in [0.717, 1.165) is 32.5 Å². The molecular formula is C26H32N2O2. The lowest BCUT2D eigenvalue weighted by Crippen LogP contribution is -2.59. The number of carbonyl (C=O) groups excluding carboxylic acids is 1. The van der Waals surface area contributed by atoms with Crippen LogP contribution >= 0.6 is 0 Å². The normalized spacial score (nSPS) is 19.2. The lowest BCUT2D eigenvalue weighted by Gasteiger charge is -2.48. The summed E-state index contributed by atoms with van der Waals surface area (Å²) in [6.07, 6.45) is 2.09. The topological polar surface area (TPSA) is 32.8 Å². The molecule has 4 nitrogen and oxygen atoms in total. The molecule has 2 aromatic rings. The van der Waals surface area contributed by atoms with Gasteiger partial charge in [0.1, 0.15) is 6.61 Å². The van der Waals surface area contributed by atoms with Gasteiger partial charge in [-0.3, -0.25) is 4.90 Å². The second-order valence-corrected chi connectivity index (χ2v) is 10.1. The Bertz CT molecular complexity index is 893. The summed E-state index contributed by atoms with van der Waals surface area (Å²) < 4.78 is 5.94. The van der Waals surface area contributed by atoms with Crippen molar-refractivity contribution in [1.29, 1.82) is 0 Å². The molecule has 1 aliphatic heterocycles.